The Hall–Kier alpha value is -4.62. The zero-order chi connectivity index (χ0) is 36.8. The molecule has 2 amide bonds. The minimum absolute atomic E-state index is 0.0191. The molecule has 0 bridgehead atoms. The lowest BCUT2D eigenvalue weighted by Crippen LogP contribution is -2.58. The molecule has 14 heteroatoms. The lowest BCUT2D eigenvalue weighted by molar-refractivity contribution is -0.121. The van der Waals surface area contributed by atoms with Gasteiger partial charge >= 0.3 is 0 Å². The van der Waals surface area contributed by atoms with Crippen molar-refractivity contribution in [2.75, 3.05) is 40.4 Å². The van der Waals surface area contributed by atoms with E-state index in [2.05, 4.69) is 30.4 Å². The van der Waals surface area contributed by atoms with Crippen molar-refractivity contribution in [3.05, 3.63) is 93.0 Å². The number of nitrogens with zero attached hydrogens (tertiary/aromatic N) is 4. The SMILES string of the molecule is COc1nc(OCc2cccc(-c3cccc(COc4ccc(CN5CC(NC(C)=O)C5)c(OC)n4)c3Cl)c2Cl)ccc1CN1CC(NC(C)=O)C1. The number of nitrogens with one attached hydrogen (secondary N) is 2. The fraction of sp³-hybridized carbons (Fsp3) is 0.368. The van der Waals surface area contributed by atoms with Crippen molar-refractivity contribution in [3.8, 4) is 34.6 Å². The summed E-state index contributed by atoms with van der Waals surface area (Å²) < 4.78 is 23.2. The van der Waals surface area contributed by atoms with Gasteiger partial charge in [-0.2, -0.15) is 9.97 Å². The van der Waals surface area contributed by atoms with Crippen molar-refractivity contribution >= 4 is 35.0 Å². The standard InChI is InChI=1S/C38H42Cl2N6O6/c1-23(47)41-29-17-45(18-29)15-25-11-13-33(43-37(25)49-3)51-21-27-7-5-9-31(35(27)39)32-10-6-8-28(36(32)40)22-52-34-14-12-26(38(44-34)50-4)16-46-19-30(20-46)42-24(2)48/h5-14,29-30H,15-22H2,1-4H3,(H,41,47)(H,42,48). The Labute approximate surface area is 313 Å². The molecule has 2 aliphatic rings. The van der Waals surface area contributed by atoms with Gasteiger partial charge in [0, 0.05) is 98.6 Å². The first-order valence-corrected chi connectivity index (χ1v) is 17.7. The highest BCUT2D eigenvalue weighted by Crippen LogP contribution is 2.38. The Balaban J connectivity index is 1.07. The summed E-state index contributed by atoms with van der Waals surface area (Å²) in [5.74, 6) is 1.76. The molecule has 2 aliphatic heterocycles. The number of benzene rings is 2. The van der Waals surface area contributed by atoms with Crippen molar-refractivity contribution in [2.45, 2.75) is 52.2 Å². The van der Waals surface area contributed by atoms with E-state index in [0.717, 1.165) is 59.6 Å². The lowest BCUT2D eigenvalue weighted by atomic mass is 10.0. The van der Waals surface area contributed by atoms with Crippen LogP contribution in [0.3, 0.4) is 0 Å². The Kier molecular flexibility index (Phi) is 12.0. The van der Waals surface area contributed by atoms with Crippen LogP contribution in [0.5, 0.6) is 23.5 Å². The predicted molar refractivity (Wildman–Crippen MR) is 198 cm³/mol. The summed E-state index contributed by atoms with van der Waals surface area (Å²) in [6.07, 6.45) is 0. The van der Waals surface area contributed by atoms with Gasteiger partial charge in [0.25, 0.3) is 0 Å². The van der Waals surface area contributed by atoms with Gasteiger partial charge in [-0.1, -0.05) is 59.6 Å². The van der Waals surface area contributed by atoms with Crippen LogP contribution >= 0.6 is 23.2 Å². The van der Waals surface area contributed by atoms with Crippen LogP contribution in [0.25, 0.3) is 11.1 Å². The largest absolute Gasteiger partial charge is 0.481 e. The molecule has 0 radical (unpaired) electrons. The first-order valence-electron chi connectivity index (χ1n) is 17.0. The summed E-state index contributed by atoms with van der Waals surface area (Å²) in [6, 6.07) is 19.3. The average Bonchev–Trinajstić information content (AvgIpc) is 3.09. The minimum Gasteiger partial charge on any atom is -0.481 e. The van der Waals surface area contributed by atoms with Gasteiger partial charge in [0.1, 0.15) is 13.2 Å². The number of carbonyl (C=O) groups excluding carboxylic acids is 2. The average molecular weight is 750 g/mol. The summed E-state index contributed by atoms with van der Waals surface area (Å²) in [5, 5.41) is 6.90. The van der Waals surface area contributed by atoms with Gasteiger partial charge in [-0.05, 0) is 12.1 Å². The molecule has 4 heterocycles. The van der Waals surface area contributed by atoms with Crippen molar-refractivity contribution in [1.29, 1.82) is 0 Å². The molecular weight excluding hydrogens is 707 g/mol. The molecular formula is C38H42Cl2N6O6. The molecule has 2 fully saturated rings. The second-order valence-electron chi connectivity index (χ2n) is 13.0. The van der Waals surface area contributed by atoms with Crippen LogP contribution < -0.4 is 29.6 Å². The molecule has 2 saturated heterocycles. The van der Waals surface area contributed by atoms with Crippen molar-refractivity contribution in [1.82, 2.24) is 30.4 Å². The van der Waals surface area contributed by atoms with Gasteiger partial charge in [-0.15, -0.1) is 0 Å². The number of rotatable bonds is 15. The number of ether oxygens (including phenoxy) is 4. The monoisotopic (exact) mass is 748 g/mol. The van der Waals surface area contributed by atoms with Crippen LogP contribution in [-0.2, 0) is 35.9 Å². The summed E-state index contributed by atoms with van der Waals surface area (Å²) in [6.45, 7) is 7.86. The molecule has 0 atom stereocenters. The number of carbonyl (C=O) groups is 2. The van der Waals surface area contributed by atoms with Gasteiger partial charge in [0.2, 0.25) is 35.3 Å². The second-order valence-corrected chi connectivity index (χ2v) is 13.7. The summed E-state index contributed by atoms with van der Waals surface area (Å²) >= 11 is 13.9. The minimum atomic E-state index is -0.0191. The van der Waals surface area contributed by atoms with E-state index in [1.54, 1.807) is 14.2 Å². The number of hydrogen-bond donors (Lipinski definition) is 2. The van der Waals surface area contributed by atoms with Crippen LogP contribution in [0.2, 0.25) is 10.0 Å². The quantitative estimate of drug-likeness (QED) is 0.166. The highest BCUT2D eigenvalue weighted by molar-refractivity contribution is 6.37. The maximum atomic E-state index is 11.3. The fourth-order valence-electron chi connectivity index (χ4n) is 6.40. The maximum absolute atomic E-state index is 11.3. The molecule has 52 heavy (non-hydrogen) atoms. The Morgan fingerprint density at radius 1 is 0.654 bits per heavy atom. The fourth-order valence-corrected chi connectivity index (χ4v) is 6.96. The number of pyridine rings is 2. The highest BCUT2D eigenvalue weighted by atomic mass is 35.5. The molecule has 274 valence electrons. The van der Waals surface area contributed by atoms with Gasteiger partial charge in [-0.25, -0.2) is 0 Å². The van der Waals surface area contributed by atoms with Gasteiger partial charge in [0.15, 0.2) is 0 Å². The van der Waals surface area contributed by atoms with Crippen LogP contribution in [0.4, 0.5) is 0 Å². The third-order valence-corrected chi connectivity index (χ3v) is 9.82. The molecule has 2 aromatic heterocycles. The molecule has 2 N–H and O–H groups in total. The smallest absolute Gasteiger partial charge is 0.220 e. The van der Waals surface area contributed by atoms with E-state index in [1.807, 2.05) is 60.7 Å². The number of methoxy groups -OCH3 is 2. The number of amides is 2. The molecule has 12 nitrogen and oxygen atoms in total. The van der Waals surface area contributed by atoms with Crippen LogP contribution in [-0.4, -0.2) is 84.1 Å². The van der Waals surface area contributed by atoms with Crippen LogP contribution in [0.15, 0.2) is 60.7 Å². The summed E-state index contributed by atoms with van der Waals surface area (Å²) in [4.78, 5) is 36.1. The molecule has 2 aromatic carbocycles. The van der Waals surface area contributed by atoms with Gasteiger partial charge in [0.05, 0.1) is 36.3 Å². The predicted octanol–water partition coefficient (Wildman–Crippen LogP) is 5.27. The molecule has 0 unspecified atom stereocenters. The normalized spacial score (nSPS) is 15.0. The molecule has 0 spiro atoms. The lowest BCUT2D eigenvalue weighted by Gasteiger charge is -2.39. The zero-order valence-electron chi connectivity index (χ0n) is 29.6. The molecule has 6 rings (SSSR count). The van der Waals surface area contributed by atoms with Crippen molar-refractivity contribution in [2.24, 2.45) is 0 Å². The van der Waals surface area contributed by atoms with Gasteiger partial charge in [-0.3, -0.25) is 19.4 Å². The van der Waals surface area contributed by atoms with E-state index >= 15 is 0 Å². The summed E-state index contributed by atoms with van der Waals surface area (Å²) in [7, 11) is 3.17. The second kappa shape index (κ2) is 16.8. The third kappa shape index (κ3) is 9.05. The Bertz CT molecular complexity index is 1780. The van der Waals surface area contributed by atoms with E-state index in [-0.39, 0.29) is 37.1 Å². The molecule has 0 aliphatic carbocycles. The number of hydrogen-bond acceptors (Lipinski definition) is 10. The van der Waals surface area contributed by atoms with Gasteiger partial charge < -0.3 is 29.6 Å². The Morgan fingerprint density at radius 2 is 1.06 bits per heavy atom. The highest BCUT2D eigenvalue weighted by Gasteiger charge is 2.29. The van der Waals surface area contributed by atoms with E-state index in [1.165, 1.54) is 13.8 Å². The first-order chi connectivity index (χ1) is 25.1. The van der Waals surface area contributed by atoms with Crippen LogP contribution in [0.1, 0.15) is 36.1 Å². The molecule has 4 aromatic rings. The summed E-state index contributed by atoms with van der Waals surface area (Å²) in [5.41, 5.74) is 4.93. The third-order valence-electron chi connectivity index (χ3n) is 8.93. The first kappa shape index (κ1) is 37.1. The van der Waals surface area contributed by atoms with Crippen molar-refractivity contribution in [3.63, 3.8) is 0 Å². The van der Waals surface area contributed by atoms with Crippen LogP contribution in [0, 0.1) is 0 Å². The molecule has 0 saturated carbocycles. The topological polar surface area (TPSA) is 127 Å². The maximum Gasteiger partial charge on any atom is 0.220 e. The van der Waals surface area contributed by atoms with E-state index in [9.17, 15) is 9.59 Å². The van der Waals surface area contributed by atoms with E-state index in [4.69, 9.17) is 42.1 Å². The zero-order valence-corrected chi connectivity index (χ0v) is 31.1. The van der Waals surface area contributed by atoms with E-state index in [0.29, 0.717) is 46.7 Å². The number of halogens is 2. The van der Waals surface area contributed by atoms with Crippen molar-refractivity contribution < 1.29 is 28.5 Å². The number of likely N-dealkylation sites (tertiary alicyclic amines) is 2. The number of aromatic nitrogens is 2. The Morgan fingerprint density at radius 3 is 1.42 bits per heavy atom. The van der Waals surface area contributed by atoms with E-state index < -0.39 is 0 Å².